The van der Waals surface area contributed by atoms with Crippen molar-refractivity contribution in [2.75, 3.05) is 5.32 Å². The Morgan fingerprint density at radius 3 is 2.67 bits per heavy atom. The first-order chi connectivity index (χ1) is 11.5. The third-order valence-corrected chi connectivity index (χ3v) is 3.81. The number of rotatable bonds is 4. The number of anilines is 1. The second-order valence-electron chi connectivity index (χ2n) is 5.30. The summed E-state index contributed by atoms with van der Waals surface area (Å²) in [5.74, 6) is -3.48. The van der Waals surface area contributed by atoms with E-state index in [2.05, 4.69) is 10.3 Å². The Labute approximate surface area is 136 Å². The number of benzene rings is 2. The highest BCUT2D eigenvalue weighted by molar-refractivity contribution is 6.48. The first-order valence-electron chi connectivity index (χ1n) is 7.41. The van der Waals surface area contributed by atoms with Crippen LogP contribution in [0.5, 0.6) is 0 Å². The van der Waals surface area contributed by atoms with Gasteiger partial charge >= 0.3 is 0 Å². The molecule has 1 amide bonds. The summed E-state index contributed by atoms with van der Waals surface area (Å²) in [6.07, 6.45) is 2.24. The van der Waals surface area contributed by atoms with E-state index in [1.165, 1.54) is 6.20 Å². The lowest BCUT2D eigenvalue weighted by atomic mass is 10.0. The lowest BCUT2D eigenvalue weighted by Gasteiger charge is -2.05. The Hall–Kier alpha value is -3.02. The molecule has 0 aliphatic carbocycles. The third-order valence-electron chi connectivity index (χ3n) is 3.81. The van der Waals surface area contributed by atoms with Crippen LogP contribution in [0.25, 0.3) is 10.9 Å². The van der Waals surface area contributed by atoms with Gasteiger partial charge in [0.1, 0.15) is 11.6 Å². The molecule has 0 atom stereocenters. The fourth-order valence-corrected chi connectivity index (χ4v) is 2.59. The molecule has 1 aromatic heterocycles. The largest absolute Gasteiger partial charge is 0.360 e. The van der Waals surface area contributed by atoms with E-state index in [4.69, 9.17) is 0 Å². The molecule has 1 heterocycles. The van der Waals surface area contributed by atoms with Crippen molar-refractivity contribution in [2.45, 2.75) is 13.3 Å². The Morgan fingerprint density at radius 2 is 1.96 bits per heavy atom. The minimum atomic E-state index is -0.983. The first-order valence-corrected chi connectivity index (χ1v) is 7.41. The summed E-state index contributed by atoms with van der Waals surface area (Å²) in [4.78, 5) is 27.5. The zero-order chi connectivity index (χ0) is 17.3. The molecule has 0 saturated heterocycles. The van der Waals surface area contributed by atoms with Crippen LogP contribution < -0.4 is 5.32 Å². The molecule has 0 aliphatic heterocycles. The van der Waals surface area contributed by atoms with Crippen LogP contribution in [0.1, 0.15) is 22.8 Å². The van der Waals surface area contributed by atoms with Gasteiger partial charge in [0.05, 0.1) is 11.3 Å². The first kappa shape index (κ1) is 15.9. The number of nitrogens with one attached hydrogen (secondary N) is 2. The molecule has 3 aromatic rings. The average Bonchev–Trinajstić information content (AvgIpc) is 3.00. The van der Waals surface area contributed by atoms with Crippen LogP contribution in [0.15, 0.2) is 42.6 Å². The number of aromatic amines is 1. The Balaban J connectivity index is 1.90. The molecule has 0 bridgehead atoms. The highest BCUT2D eigenvalue weighted by atomic mass is 19.1. The van der Waals surface area contributed by atoms with Gasteiger partial charge in [0.2, 0.25) is 0 Å². The molecule has 2 aromatic carbocycles. The van der Waals surface area contributed by atoms with Gasteiger partial charge in [-0.2, -0.15) is 0 Å². The maximum absolute atomic E-state index is 13.6. The molecule has 0 fully saturated rings. The van der Waals surface area contributed by atoms with Gasteiger partial charge in [-0.3, -0.25) is 9.59 Å². The summed E-state index contributed by atoms with van der Waals surface area (Å²) in [6, 6.07) is 8.19. The predicted molar refractivity (Wildman–Crippen MR) is 87.0 cm³/mol. The van der Waals surface area contributed by atoms with Crippen LogP contribution in [-0.2, 0) is 11.2 Å². The lowest BCUT2D eigenvalue weighted by molar-refractivity contribution is -0.112. The van der Waals surface area contributed by atoms with Crippen LogP contribution >= 0.6 is 0 Å². The standard InChI is InChI=1S/C18H14F2N2O2/c1-2-10-4-3-5-12-13(9-21-16(10)12)17(23)18(24)22-15-7-6-11(19)8-14(15)20/h3-9,21H,2H2,1H3,(H,22,24). The molecule has 122 valence electrons. The quantitative estimate of drug-likeness (QED) is 0.565. The van der Waals surface area contributed by atoms with E-state index >= 15 is 0 Å². The molecule has 24 heavy (non-hydrogen) atoms. The molecule has 0 aliphatic rings. The summed E-state index contributed by atoms with van der Waals surface area (Å²) < 4.78 is 26.5. The van der Waals surface area contributed by atoms with Gasteiger partial charge in [0.15, 0.2) is 0 Å². The van der Waals surface area contributed by atoms with E-state index < -0.39 is 23.3 Å². The van der Waals surface area contributed by atoms with E-state index in [9.17, 15) is 18.4 Å². The van der Waals surface area contributed by atoms with Gasteiger partial charge in [-0.15, -0.1) is 0 Å². The van der Waals surface area contributed by atoms with E-state index in [1.807, 2.05) is 19.1 Å². The second-order valence-corrected chi connectivity index (χ2v) is 5.30. The van der Waals surface area contributed by atoms with Gasteiger partial charge in [-0.1, -0.05) is 25.1 Å². The van der Waals surface area contributed by atoms with Gasteiger partial charge in [0, 0.05) is 23.2 Å². The number of aromatic nitrogens is 1. The van der Waals surface area contributed by atoms with Crippen molar-refractivity contribution in [1.82, 2.24) is 4.98 Å². The van der Waals surface area contributed by atoms with Crippen molar-refractivity contribution in [3.63, 3.8) is 0 Å². The average molecular weight is 328 g/mol. The zero-order valence-electron chi connectivity index (χ0n) is 12.8. The molecule has 0 saturated carbocycles. The molecule has 6 heteroatoms. The van der Waals surface area contributed by atoms with Crippen molar-refractivity contribution >= 4 is 28.3 Å². The summed E-state index contributed by atoms with van der Waals surface area (Å²) in [5, 5.41) is 2.81. The molecule has 2 N–H and O–H groups in total. The van der Waals surface area contributed by atoms with Crippen molar-refractivity contribution < 1.29 is 18.4 Å². The number of carbonyl (C=O) groups excluding carboxylic acids is 2. The smallest absolute Gasteiger partial charge is 0.296 e. The minimum absolute atomic E-state index is 0.209. The molecule has 0 radical (unpaired) electrons. The van der Waals surface area contributed by atoms with E-state index in [1.54, 1.807) is 6.07 Å². The van der Waals surface area contributed by atoms with Crippen LogP contribution in [0.2, 0.25) is 0 Å². The number of hydrogen-bond acceptors (Lipinski definition) is 2. The molecular weight excluding hydrogens is 314 g/mol. The number of Topliss-reactive ketones (excluding diaryl/α,β-unsaturated/α-hetero) is 1. The number of amides is 1. The Kier molecular flexibility index (Phi) is 4.12. The highest BCUT2D eigenvalue weighted by Crippen LogP contribution is 2.23. The van der Waals surface area contributed by atoms with Crippen molar-refractivity contribution in [3.05, 3.63) is 65.4 Å². The fraction of sp³-hybridized carbons (Fsp3) is 0.111. The molecule has 0 spiro atoms. The van der Waals surface area contributed by atoms with E-state index in [0.29, 0.717) is 11.5 Å². The summed E-state index contributed by atoms with van der Waals surface area (Å²) in [5.41, 5.74) is 1.78. The predicted octanol–water partition coefficient (Wildman–Crippen LogP) is 3.83. The van der Waals surface area contributed by atoms with Crippen LogP contribution in [0, 0.1) is 11.6 Å². The number of para-hydroxylation sites is 1. The molecule has 4 nitrogen and oxygen atoms in total. The SMILES string of the molecule is CCc1cccc2c(C(=O)C(=O)Nc3ccc(F)cc3F)c[nH]c12. The van der Waals surface area contributed by atoms with Gasteiger partial charge in [0.25, 0.3) is 11.7 Å². The normalized spacial score (nSPS) is 10.8. The Morgan fingerprint density at radius 1 is 1.17 bits per heavy atom. The second kappa shape index (κ2) is 6.23. The molecule has 0 unspecified atom stereocenters. The van der Waals surface area contributed by atoms with Crippen LogP contribution in [-0.4, -0.2) is 16.7 Å². The van der Waals surface area contributed by atoms with Crippen molar-refractivity contribution in [3.8, 4) is 0 Å². The van der Waals surface area contributed by atoms with E-state index in [0.717, 1.165) is 29.6 Å². The van der Waals surface area contributed by atoms with Gasteiger partial charge < -0.3 is 10.3 Å². The van der Waals surface area contributed by atoms with Crippen molar-refractivity contribution in [1.29, 1.82) is 0 Å². The van der Waals surface area contributed by atoms with Crippen LogP contribution in [0.3, 0.4) is 0 Å². The third kappa shape index (κ3) is 2.78. The number of carbonyl (C=O) groups is 2. The summed E-state index contributed by atoms with van der Waals surface area (Å²) >= 11 is 0. The van der Waals surface area contributed by atoms with Gasteiger partial charge in [-0.25, -0.2) is 8.78 Å². The van der Waals surface area contributed by atoms with Crippen molar-refractivity contribution in [2.24, 2.45) is 0 Å². The molecular formula is C18H14F2N2O2. The number of ketones is 1. The monoisotopic (exact) mass is 328 g/mol. The number of halogens is 2. The number of hydrogen-bond donors (Lipinski definition) is 2. The summed E-state index contributed by atoms with van der Waals surface area (Å²) in [6.45, 7) is 1.99. The maximum atomic E-state index is 13.6. The number of aryl methyl sites for hydroxylation is 1. The zero-order valence-corrected chi connectivity index (χ0v) is 12.8. The fourth-order valence-electron chi connectivity index (χ4n) is 2.59. The maximum Gasteiger partial charge on any atom is 0.296 e. The number of H-pyrrole nitrogens is 1. The number of fused-ring (bicyclic) bond motifs is 1. The lowest BCUT2D eigenvalue weighted by Crippen LogP contribution is -2.23. The Bertz CT molecular complexity index is 947. The van der Waals surface area contributed by atoms with E-state index in [-0.39, 0.29) is 11.3 Å². The minimum Gasteiger partial charge on any atom is -0.360 e. The van der Waals surface area contributed by atoms with Crippen LogP contribution in [0.4, 0.5) is 14.5 Å². The highest BCUT2D eigenvalue weighted by Gasteiger charge is 2.21. The topological polar surface area (TPSA) is 62.0 Å². The summed E-state index contributed by atoms with van der Waals surface area (Å²) in [7, 11) is 0. The molecule has 3 rings (SSSR count). The van der Waals surface area contributed by atoms with Gasteiger partial charge in [-0.05, 0) is 24.1 Å².